The summed E-state index contributed by atoms with van der Waals surface area (Å²) in [6.45, 7) is 0.368. The van der Waals surface area contributed by atoms with Crippen LogP contribution in [0.3, 0.4) is 0 Å². The number of rotatable bonds is 3. The van der Waals surface area contributed by atoms with Crippen LogP contribution >= 0.6 is 0 Å². The molecule has 0 bridgehead atoms. The molecule has 1 fully saturated rings. The van der Waals surface area contributed by atoms with E-state index in [1.54, 1.807) is 13.2 Å². The topological polar surface area (TPSA) is 48.1 Å². The Morgan fingerprint density at radius 2 is 2.20 bits per heavy atom. The zero-order valence-electron chi connectivity index (χ0n) is 8.65. The van der Waals surface area contributed by atoms with E-state index in [-0.39, 0.29) is 5.97 Å². The van der Waals surface area contributed by atoms with E-state index in [2.05, 4.69) is 0 Å². The second kappa shape index (κ2) is 3.55. The molecule has 0 radical (unpaired) electrons. The Hall–Kier alpha value is -1.55. The lowest BCUT2D eigenvalue weighted by atomic mass is 10.00. The summed E-state index contributed by atoms with van der Waals surface area (Å²) in [5.41, 5.74) is -0.128. The maximum absolute atomic E-state index is 11.5. The van der Waals surface area contributed by atoms with Crippen molar-refractivity contribution in [1.29, 1.82) is 0 Å². The van der Waals surface area contributed by atoms with Crippen molar-refractivity contribution in [3.63, 3.8) is 0 Å². The Morgan fingerprint density at radius 1 is 1.47 bits per heavy atom. The fraction of sp³-hybridized carbons (Fsp3) is 0.364. The van der Waals surface area contributed by atoms with Gasteiger partial charge in [-0.2, -0.15) is 0 Å². The molecule has 1 heterocycles. The van der Waals surface area contributed by atoms with Crippen LogP contribution < -0.4 is 4.74 Å². The highest BCUT2D eigenvalue weighted by Gasteiger charge is 2.55. The molecule has 0 aliphatic carbocycles. The molecule has 1 aliphatic rings. The number of carbonyl (C=O) groups is 1. The average molecular weight is 208 g/mol. The first-order chi connectivity index (χ1) is 7.23. The van der Waals surface area contributed by atoms with Gasteiger partial charge < -0.3 is 14.2 Å². The molecular formula is C11H12O4. The molecular weight excluding hydrogens is 196 g/mol. The molecule has 0 spiro atoms. The standard InChI is InChI=1S/C11H12O4/c1-13-9-5-3-4-8(6-9)11(7-15-11)10(12)14-2/h3-6H,7H2,1-2H3. The number of hydrogen-bond acceptors (Lipinski definition) is 4. The first-order valence-electron chi connectivity index (χ1n) is 4.60. The van der Waals surface area contributed by atoms with Crippen LogP contribution in [0.25, 0.3) is 0 Å². The van der Waals surface area contributed by atoms with E-state index in [0.717, 1.165) is 5.56 Å². The third-order valence-electron chi connectivity index (χ3n) is 2.48. The van der Waals surface area contributed by atoms with Crippen molar-refractivity contribution in [2.75, 3.05) is 20.8 Å². The Morgan fingerprint density at radius 3 is 2.73 bits per heavy atom. The summed E-state index contributed by atoms with van der Waals surface area (Å²) in [6.07, 6.45) is 0. The van der Waals surface area contributed by atoms with Gasteiger partial charge in [-0.15, -0.1) is 0 Å². The second-order valence-corrected chi connectivity index (χ2v) is 3.34. The largest absolute Gasteiger partial charge is 0.497 e. The van der Waals surface area contributed by atoms with Crippen molar-refractivity contribution < 1.29 is 19.0 Å². The smallest absolute Gasteiger partial charge is 0.345 e. The zero-order chi connectivity index (χ0) is 10.9. The SMILES string of the molecule is COC(=O)C1(c2cccc(OC)c2)CO1. The van der Waals surface area contributed by atoms with Gasteiger partial charge >= 0.3 is 5.97 Å². The van der Waals surface area contributed by atoms with Crippen molar-refractivity contribution in [2.45, 2.75) is 5.60 Å². The number of epoxide rings is 1. The fourth-order valence-corrected chi connectivity index (χ4v) is 1.51. The highest BCUT2D eigenvalue weighted by atomic mass is 16.6. The second-order valence-electron chi connectivity index (χ2n) is 3.34. The maximum Gasteiger partial charge on any atom is 0.345 e. The first kappa shape index (κ1) is 9.98. The molecule has 15 heavy (non-hydrogen) atoms. The van der Waals surface area contributed by atoms with Crippen LogP contribution in [0.2, 0.25) is 0 Å². The molecule has 1 aromatic rings. The molecule has 0 saturated carbocycles. The minimum atomic E-state index is -0.900. The van der Waals surface area contributed by atoms with Gasteiger partial charge in [-0.1, -0.05) is 12.1 Å². The highest BCUT2D eigenvalue weighted by molar-refractivity contribution is 5.84. The van der Waals surface area contributed by atoms with Crippen molar-refractivity contribution in [3.8, 4) is 5.75 Å². The van der Waals surface area contributed by atoms with E-state index in [1.807, 2.05) is 18.2 Å². The van der Waals surface area contributed by atoms with Crippen LogP contribution in [0.15, 0.2) is 24.3 Å². The van der Waals surface area contributed by atoms with Gasteiger partial charge in [0.1, 0.15) is 5.75 Å². The molecule has 0 N–H and O–H groups in total. The molecule has 1 unspecified atom stereocenters. The van der Waals surface area contributed by atoms with Crippen LogP contribution in [0.4, 0.5) is 0 Å². The molecule has 1 aliphatic heterocycles. The lowest BCUT2D eigenvalue weighted by molar-refractivity contribution is -0.147. The summed E-state index contributed by atoms with van der Waals surface area (Å²) < 4.78 is 15.0. The first-order valence-corrected chi connectivity index (χ1v) is 4.60. The van der Waals surface area contributed by atoms with Crippen LogP contribution in [-0.2, 0) is 19.9 Å². The van der Waals surface area contributed by atoms with Crippen LogP contribution in [0.1, 0.15) is 5.56 Å². The molecule has 0 amide bonds. The molecule has 4 nitrogen and oxygen atoms in total. The number of carbonyl (C=O) groups excluding carboxylic acids is 1. The van der Waals surface area contributed by atoms with Gasteiger partial charge in [0.15, 0.2) is 0 Å². The summed E-state index contributed by atoms with van der Waals surface area (Å²) in [4.78, 5) is 11.5. The maximum atomic E-state index is 11.5. The minimum absolute atomic E-state index is 0.365. The summed E-state index contributed by atoms with van der Waals surface area (Å²) >= 11 is 0. The molecule has 0 aromatic heterocycles. The molecule has 80 valence electrons. The highest BCUT2D eigenvalue weighted by Crippen LogP contribution is 2.40. The number of hydrogen-bond donors (Lipinski definition) is 0. The molecule has 1 saturated heterocycles. The number of methoxy groups -OCH3 is 2. The van der Waals surface area contributed by atoms with Crippen molar-refractivity contribution in [3.05, 3.63) is 29.8 Å². The van der Waals surface area contributed by atoms with E-state index in [1.165, 1.54) is 7.11 Å². The zero-order valence-corrected chi connectivity index (χ0v) is 8.65. The van der Waals surface area contributed by atoms with Crippen molar-refractivity contribution in [1.82, 2.24) is 0 Å². The summed E-state index contributed by atoms with van der Waals surface area (Å²) in [6, 6.07) is 7.24. The fourth-order valence-electron chi connectivity index (χ4n) is 1.51. The van der Waals surface area contributed by atoms with Gasteiger partial charge in [-0.05, 0) is 12.1 Å². The summed E-state index contributed by atoms with van der Waals surface area (Å²) in [5.74, 6) is 0.335. The summed E-state index contributed by atoms with van der Waals surface area (Å²) in [5, 5.41) is 0. The number of ether oxygens (including phenoxy) is 3. The van der Waals surface area contributed by atoms with E-state index >= 15 is 0 Å². The minimum Gasteiger partial charge on any atom is -0.497 e. The van der Waals surface area contributed by atoms with Crippen LogP contribution in [0.5, 0.6) is 5.75 Å². The Bertz CT molecular complexity index is 382. The van der Waals surface area contributed by atoms with Gasteiger partial charge in [0.25, 0.3) is 0 Å². The van der Waals surface area contributed by atoms with E-state index < -0.39 is 5.60 Å². The van der Waals surface area contributed by atoms with E-state index in [9.17, 15) is 4.79 Å². The van der Waals surface area contributed by atoms with Gasteiger partial charge in [0.2, 0.25) is 5.60 Å². The predicted molar refractivity (Wildman–Crippen MR) is 52.6 cm³/mol. The normalized spacial score (nSPS) is 23.3. The average Bonchev–Trinajstić information content (AvgIpc) is 3.09. The third-order valence-corrected chi connectivity index (χ3v) is 2.48. The number of esters is 1. The van der Waals surface area contributed by atoms with Crippen molar-refractivity contribution in [2.24, 2.45) is 0 Å². The Labute approximate surface area is 87.8 Å². The van der Waals surface area contributed by atoms with Gasteiger partial charge in [0.05, 0.1) is 20.8 Å². The Kier molecular flexibility index (Phi) is 2.36. The molecule has 1 aromatic carbocycles. The van der Waals surface area contributed by atoms with Gasteiger partial charge in [-0.25, -0.2) is 4.79 Å². The molecule has 2 rings (SSSR count). The monoisotopic (exact) mass is 208 g/mol. The van der Waals surface area contributed by atoms with Crippen molar-refractivity contribution >= 4 is 5.97 Å². The predicted octanol–water partition coefficient (Wildman–Crippen LogP) is 1.09. The summed E-state index contributed by atoms with van der Waals surface area (Å²) in [7, 11) is 2.93. The quantitative estimate of drug-likeness (QED) is 0.551. The third kappa shape index (κ3) is 1.57. The lowest BCUT2D eigenvalue weighted by Crippen LogP contribution is -2.23. The lowest BCUT2D eigenvalue weighted by Gasteiger charge is -2.10. The van der Waals surface area contributed by atoms with Gasteiger partial charge in [-0.3, -0.25) is 0 Å². The van der Waals surface area contributed by atoms with Crippen LogP contribution in [0, 0.1) is 0 Å². The van der Waals surface area contributed by atoms with Crippen LogP contribution in [-0.4, -0.2) is 26.8 Å². The number of benzene rings is 1. The van der Waals surface area contributed by atoms with E-state index in [0.29, 0.717) is 12.4 Å². The van der Waals surface area contributed by atoms with Gasteiger partial charge in [0, 0.05) is 5.56 Å². The Balaban J connectivity index is 2.33. The molecule has 4 heteroatoms. The molecule has 1 atom stereocenters. The van der Waals surface area contributed by atoms with E-state index in [4.69, 9.17) is 14.2 Å².